The largest absolute Gasteiger partial charge is 0.460 e. The highest BCUT2D eigenvalue weighted by atomic mass is 32.2. The molecule has 0 unspecified atom stereocenters. The number of nitrogens with one attached hydrogen (secondary N) is 1. The van der Waals surface area contributed by atoms with E-state index in [0.717, 1.165) is 4.90 Å². The predicted octanol–water partition coefficient (Wildman–Crippen LogP) is 6.65. The highest BCUT2D eigenvalue weighted by Crippen LogP contribution is 2.57. The second-order valence-electron chi connectivity index (χ2n) is 14.7. The van der Waals surface area contributed by atoms with E-state index < -0.39 is 63.1 Å². The van der Waals surface area contributed by atoms with Crippen LogP contribution in [0.5, 0.6) is 0 Å². The van der Waals surface area contributed by atoms with Crippen molar-refractivity contribution in [1.29, 1.82) is 0 Å². The maximum Gasteiger partial charge on any atom is 0.335 e. The van der Waals surface area contributed by atoms with E-state index in [9.17, 15) is 14.4 Å². The van der Waals surface area contributed by atoms with Crippen molar-refractivity contribution in [3.05, 3.63) is 63.4 Å². The van der Waals surface area contributed by atoms with Crippen LogP contribution in [0.15, 0.2) is 57.1 Å². The Balaban J connectivity index is 2.02. The molecule has 0 saturated carbocycles. The smallest absolute Gasteiger partial charge is 0.335 e. The van der Waals surface area contributed by atoms with E-state index in [1.54, 1.807) is 0 Å². The van der Waals surface area contributed by atoms with Crippen molar-refractivity contribution in [1.82, 2.24) is 9.55 Å². The second-order valence-corrected chi connectivity index (χ2v) is 25.0. The molecular weight excluding hydrogens is 641 g/mol. The summed E-state index contributed by atoms with van der Waals surface area (Å²) in [6.45, 7) is 22.8. The average molecular weight is 693 g/mol. The van der Waals surface area contributed by atoms with E-state index in [1.165, 1.54) is 28.6 Å². The van der Waals surface area contributed by atoms with E-state index >= 15 is 0 Å². The van der Waals surface area contributed by atoms with Gasteiger partial charge in [0, 0.05) is 17.2 Å². The molecular formula is C33H52N2O8SSi2. The molecule has 4 atom stereocenters. The number of thioether (sulfide) groups is 1. The fourth-order valence-electron chi connectivity index (χ4n) is 6.79. The Morgan fingerprint density at radius 3 is 2.09 bits per heavy atom. The molecule has 1 aromatic carbocycles. The zero-order valence-corrected chi connectivity index (χ0v) is 31.9. The third kappa shape index (κ3) is 7.20. The molecule has 2 aliphatic heterocycles. The SMILES string of the molecule is CC(C)[Si]1(C(C)C)OC[C@H]2O[C@@H](n3ccc(=O)[nH]c3=O)[C@@](CC(=O)OC(C)(C)C)(Sc3ccccc3)[C@@H]2O[Si](C(C)C)(C(C)C)O1. The number of hydrogen-bond acceptors (Lipinski definition) is 9. The molecule has 4 rings (SSSR count). The van der Waals surface area contributed by atoms with Crippen LogP contribution in [0.4, 0.5) is 0 Å². The van der Waals surface area contributed by atoms with Crippen molar-refractivity contribution in [2.75, 3.05) is 6.61 Å². The number of benzene rings is 1. The van der Waals surface area contributed by atoms with Gasteiger partial charge in [0.05, 0.1) is 19.1 Å². The van der Waals surface area contributed by atoms with E-state index in [1.807, 2.05) is 51.1 Å². The number of fused-ring (bicyclic) bond motifs is 1. The van der Waals surface area contributed by atoms with Crippen LogP contribution in [-0.2, 0) is 27.2 Å². The summed E-state index contributed by atoms with van der Waals surface area (Å²) in [6, 6.07) is 11.0. The third-order valence-corrected chi connectivity index (χ3v) is 20.6. The summed E-state index contributed by atoms with van der Waals surface area (Å²) in [5.74, 6) is -0.454. The number of esters is 1. The lowest BCUT2D eigenvalue weighted by Gasteiger charge is -2.52. The van der Waals surface area contributed by atoms with Crippen LogP contribution < -0.4 is 11.2 Å². The molecule has 1 aromatic heterocycles. The Kier molecular flexibility index (Phi) is 11.1. The molecule has 256 valence electrons. The number of ether oxygens (including phenoxy) is 2. The van der Waals surface area contributed by atoms with E-state index in [-0.39, 0.29) is 35.2 Å². The van der Waals surface area contributed by atoms with Crippen LogP contribution in [0.1, 0.15) is 88.8 Å². The number of carbonyl (C=O) groups is 1. The normalized spacial score (nSPS) is 26.3. The van der Waals surface area contributed by atoms with Crippen molar-refractivity contribution in [3.63, 3.8) is 0 Å². The summed E-state index contributed by atoms with van der Waals surface area (Å²) in [6.07, 6.45) is -1.13. The van der Waals surface area contributed by atoms with Gasteiger partial charge in [-0.1, -0.05) is 73.6 Å². The minimum absolute atomic E-state index is 0.0232. The Labute approximate surface area is 279 Å². The molecule has 0 aliphatic carbocycles. The van der Waals surface area contributed by atoms with Gasteiger partial charge >= 0.3 is 28.8 Å². The molecule has 10 nitrogen and oxygen atoms in total. The summed E-state index contributed by atoms with van der Waals surface area (Å²) in [4.78, 5) is 42.8. The maximum absolute atomic E-state index is 13.9. The summed E-state index contributed by atoms with van der Waals surface area (Å²) in [7, 11) is -6.08. The first kappa shape index (κ1) is 36.8. The zero-order valence-electron chi connectivity index (χ0n) is 29.1. The van der Waals surface area contributed by atoms with E-state index in [2.05, 4.69) is 60.4 Å². The van der Waals surface area contributed by atoms with Gasteiger partial charge in [-0.2, -0.15) is 0 Å². The Bertz CT molecular complexity index is 1460. The first-order valence-electron chi connectivity index (χ1n) is 16.3. The molecule has 3 heterocycles. The summed E-state index contributed by atoms with van der Waals surface area (Å²) >= 11 is 1.43. The molecule has 46 heavy (non-hydrogen) atoms. The van der Waals surface area contributed by atoms with Crippen LogP contribution >= 0.6 is 11.8 Å². The number of aromatic amines is 1. The van der Waals surface area contributed by atoms with Crippen molar-refractivity contribution in [2.45, 2.75) is 138 Å². The number of aromatic nitrogens is 2. The molecule has 0 bridgehead atoms. The first-order valence-corrected chi connectivity index (χ1v) is 21.1. The molecule has 2 aliphatic rings. The first-order chi connectivity index (χ1) is 21.4. The lowest BCUT2D eigenvalue weighted by molar-refractivity contribution is -0.156. The fourth-order valence-corrected chi connectivity index (χ4v) is 19.6. The van der Waals surface area contributed by atoms with Gasteiger partial charge in [-0.25, -0.2) is 4.79 Å². The lowest BCUT2D eigenvalue weighted by atomic mass is 9.94. The Morgan fingerprint density at radius 2 is 1.57 bits per heavy atom. The number of rotatable bonds is 9. The van der Waals surface area contributed by atoms with Gasteiger partial charge in [0.1, 0.15) is 16.5 Å². The zero-order chi connectivity index (χ0) is 34.2. The Morgan fingerprint density at radius 1 is 0.978 bits per heavy atom. The summed E-state index contributed by atoms with van der Waals surface area (Å²) in [5.41, 5.74) is -1.62. The van der Waals surface area contributed by atoms with Gasteiger partial charge in [-0.05, 0) is 55.1 Å². The predicted molar refractivity (Wildman–Crippen MR) is 185 cm³/mol. The van der Waals surface area contributed by atoms with Crippen LogP contribution in [0.2, 0.25) is 22.2 Å². The quantitative estimate of drug-likeness (QED) is 0.228. The number of H-pyrrole nitrogens is 1. The number of hydrogen-bond donors (Lipinski definition) is 1. The third-order valence-electron chi connectivity index (χ3n) is 8.86. The molecule has 2 saturated heterocycles. The van der Waals surface area contributed by atoms with E-state index in [4.69, 9.17) is 22.4 Å². The van der Waals surface area contributed by atoms with Gasteiger partial charge in [-0.15, -0.1) is 11.8 Å². The van der Waals surface area contributed by atoms with Gasteiger partial charge in [0.2, 0.25) is 0 Å². The van der Waals surface area contributed by atoms with Crippen LogP contribution in [0.3, 0.4) is 0 Å². The number of nitrogens with zero attached hydrogens (tertiary/aromatic N) is 1. The topological polar surface area (TPSA) is 118 Å². The maximum atomic E-state index is 13.9. The van der Waals surface area contributed by atoms with Gasteiger partial charge in [-0.3, -0.25) is 19.1 Å². The van der Waals surface area contributed by atoms with Gasteiger partial charge in [0.25, 0.3) is 5.56 Å². The minimum Gasteiger partial charge on any atom is -0.460 e. The van der Waals surface area contributed by atoms with Crippen LogP contribution in [-0.4, -0.2) is 61.8 Å². The molecule has 2 aromatic rings. The molecule has 0 spiro atoms. The fraction of sp³-hybridized carbons (Fsp3) is 0.667. The average Bonchev–Trinajstić information content (AvgIpc) is 3.18. The van der Waals surface area contributed by atoms with Crippen molar-refractivity contribution in [2.24, 2.45) is 0 Å². The molecule has 0 amide bonds. The molecule has 1 N–H and O–H groups in total. The van der Waals surface area contributed by atoms with Gasteiger partial charge < -0.3 is 22.4 Å². The summed E-state index contributed by atoms with van der Waals surface area (Å²) < 4.78 is 35.0. The highest BCUT2D eigenvalue weighted by Gasteiger charge is 2.67. The highest BCUT2D eigenvalue weighted by molar-refractivity contribution is 8.00. The van der Waals surface area contributed by atoms with Crippen molar-refractivity contribution < 1.29 is 27.2 Å². The monoisotopic (exact) mass is 692 g/mol. The number of carbonyl (C=O) groups excluding carboxylic acids is 1. The minimum atomic E-state index is -3.18. The summed E-state index contributed by atoms with van der Waals surface area (Å²) in [5, 5.41) is 0. The van der Waals surface area contributed by atoms with Crippen LogP contribution in [0.25, 0.3) is 0 Å². The van der Waals surface area contributed by atoms with E-state index in [0.29, 0.717) is 0 Å². The molecule has 13 heteroatoms. The molecule has 0 radical (unpaired) electrons. The Hall–Kier alpha value is -2.01. The molecule has 2 fully saturated rings. The van der Waals surface area contributed by atoms with Gasteiger partial charge in [0.15, 0.2) is 6.23 Å². The second kappa shape index (κ2) is 13.8. The van der Waals surface area contributed by atoms with Crippen LogP contribution in [0, 0.1) is 0 Å². The van der Waals surface area contributed by atoms with Crippen molar-refractivity contribution in [3.8, 4) is 0 Å². The van der Waals surface area contributed by atoms with Crippen molar-refractivity contribution >= 4 is 34.9 Å². The standard InChI is InChI=1S/C33H52N2O8SSi2/c1-21(2)45(22(3)4)39-20-26-29(42-46(43-45,23(5)6)24(7)8)33(19-28(37)41-32(9,10)11,44-25-15-13-12-14-16-25)30(40-26)35-18-17-27(36)34-31(35)38/h12-18,21-24,26,29-30H,19-20H2,1-11H3,(H,34,36,38)/t26-,29-,30-,33+/m1/s1. The lowest BCUT2D eigenvalue weighted by Crippen LogP contribution is -2.67.